The first-order chi connectivity index (χ1) is 5.84. The Morgan fingerprint density at radius 2 is 2.58 bits per heavy atom. The lowest BCUT2D eigenvalue weighted by molar-refractivity contribution is -0.128. The Hall–Kier alpha value is -1.03. The standard InChI is InChI=1S/C8H9NO2S/c10-8-3-6(9-8)4-11-7-1-2-12-5-7/h1-2,5-6H,3-4H2,(H,9,10)/t6-/m0/s1. The van der Waals surface area contributed by atoms with Gasteiger partial charge in [0.05, 0.1) is 12.5 Å². The summed E-state index contributed by atoms with van der Waals surface area (Å²) in [6, 6.07) is 2.14. The van der Waals surface area contributed by atoms with Crippen molar-refractivity contribution in [2.45, 2.75) is 12.5 Å². The van der Waals surface area contributed by atoms with Crippen molar-refractivity contribution >= 4 is 17.2 Å². The van der Waals surface area contributed by atoms with Crippen LogP contribution in [0.5, 0.6) is 5.75 Å². The third-order valence-corrected chi connectivity index (χ3v) is 2.40. The fourth-order valence-electron chi connectivity index (χ4n) is 1.06. The molecular formula is C8H9NO2S. The van der Waals surface area contributed by atoms with Gasteiger partial charge in [-0.15, -0.1) is 11.3 Å². The fraction of sp³-hybridized carbons (Fsp3) is 0.375. The van der Waals surface area contributed by atoms with Crippen molar-refractivity contribution < 1.29 is 9.53 Å². The van der Waals surface area contributed by atoms with E-state index in [1.165, 1.54) is 0 Å². The lowest BCUT2D eigenvalue weighted by Gasteiger charge is -2.26. The van der Waals surface area contributed by atoms with Gasteiger partial charge in [0.1, 0.15) is 12.4 Å². The smallest absolute Gasteiger partial charge is 0.222 e. The molecule has 1 aliphatic rings. The zero-order chi connectivity index (χ0) is 8.39. The number of carbonyl (C=O) groups excluding carboxylic acids is 1. The molecule has 0 saturated carbocycles. The van der Waals surface area contributed by atoms with E-state index in [-0.39, 0.29) is 11.9 Å². The zero-order valence-electron chi connectivity index (χ0n) is 6.45. The number of thiophene rings is 1. The van der Waals surface area contributed by atoms with Crippen molar-refractivity contribution in [3.05, 3.63) is 16.8 Å². The first-order valence-corrected chi connectivity index (χ1v) is 4.73. The predicted molar refractivity (Wildman–Crippen MR) is 46.4 cm³/mol. The summed E-state index contributed by atoms with van der Waals surface area (Å²) in [5.74, 6) is 1.01. The summed E-state index contributed by atoms with van der Waals surface area (Å²) in [6.45, 7) is 0.586. The molecule has 1 amide bonds. The maximum atomic E-state index is 10.5. The maximum Gasteiger partial charge on any atom is 0.222 e. The topological polar surface area (TPSA) is 38.3 Å². The second-order valence-corrected chi connectivity index (χ2v) is 3.52. The number of rotatable bonds is 3. The van der Waals surface area contributed by atoms with Crippen molar-refractivity contribution in [1.82, 2.24) is 5.32 Å². The molecule has 1 N–H and O–H groups in total. The lowest BCUT2D eigenvalue weighted by Crippen LogP contribution is -2.51. The highest BCUT2D eigenvalue weighted by atomic mass is 32.1. The molecule has 4 heteroatoms. The normalized spacial score (nSPS) is 21.3. The minimum absolute atomic E-state index is 0.119. The molecule has 64 valence electrons. The van der Waals surface area contributed by atoms with E-state index < -0.39 is 0 Å². The van der Waals surface area contributed by atoms with E-state index in [0.29, 0.717) is 13.0 Å². The van der Waals surface area contributed by atoms with Crippen LogP contribution in [-0.4, -0.2) is 18.6 Å². The number of hydrogen-bond donors (Lipinski definition) is 1. The van der Waals surface area contributed by atoms with Crippen LogP contribution >= 0.6 is 11.3 Å². The molecule has 1 saturated heterocycles. The van der Waals surface area contributed by atoms with Gasteiger partial charge >= 0.3 is 0 Å². The van der Waals surface area contributed by atoms with E-state index in [4.69, 9.17) is 4.74 Å². The second kappa shape index (κ2) is 3.15. The monoisotopic (exact) mass is 183 g/mol. The number of β-lactam (4-membered cyclic amide) rings is 1. The van der Waals surface area contributed by atoms with E-state index in [9.17, 15) is 4.79 Å². The number of nitrogens with one attached hydrogen (secondary N) is 1. The molecule has 0 spiro atoms. The van der Waals surface area contributed by atoms with Crippen molar-refractivity contribution in [3.63, 3.8) is 0 Å². The number of amides is 1. The molecule has 0 bridgehead atoms. The van der Waals surface area contributed by atoms with Crippen LogP contribution in [0.15, 0.2) is 16.8 Å². The minimum atomic E-state index is 0.119. The molecule has 0 aliphatic carbocycles. The van der Waals surface area contributed by atoms with E-state index in [2.05, 4.69) is 5.32 Å². The van der Waals surface area contributed by atoms with Gasteiger partial charge in [0.15, 0.2) is 0 Å². The molecule has 1 aliphatic heterocycles. The first-order valence-electron chi connectivity index (χ1n) is 3.79. The maximum absolute atomic E-state index is 10.5. The van der Waals surface area contributed by atoms with Crippen molar-refractivity contribution in [2.75, 3.05) is 6.61 Å². The highest BCUT2D eigenvalue weighted by Gasteiger charge is 2.25. The highest BCUT2D eigenvalue weighted by Crippen LogP contribution is 2.16. The molecule has 2 heterocycles. The molecule has 1 atom stereocenters. The lowest BCUT2D eigenvalue weighted by atomic mass is 10.1. The molecule has 3 nitrogen and oxygen atoms in total. The van der Waals surface area contributed by atoms with Crippen molar-refractivity contribution in [3.8, 4) is 5.75 Å². The minimum Gasteiger partial charge on any atom is -0.491 e. The molecule has 1 aromatic heterocycles. The highest BCUT2D eigenvalue weighted by molar-refractivity contribution is 7.08. The Morgan fingerprint density at radius 1 is 1.75 bits per heavy atom. The Balaban J connectivity index is 1.73. The third kappa shape index (κ3) is 1.58. The third-order valence-electron chi connectivity index (χ3n) is 1.74. The van der Waals surface area contributed by atoms with Gasteiger partial charge in [-0.2, -0.15) is 0 Å². The summed E-state index contributed by atoms with van der Waals surface area (Å²) >= 11 is 1.61. The van der Waals surface area contributed by atoms with Gasteiger partial charge in [0, 0.05) is 5.38 Å². The average Bonchev–Trinajstić information content (AvgIpc) is 2.47. The van der Waals surface area contributed by atoms with Gasteiger partial charge in [0.25, 0.3) is 0 Å². The van der Waals surface area contributed by atoms with E-state index in [0.717, 1.165) is 5.75 Å². The van der Waals surface area contributed by atoms with Gasteiger partial charge in [-0.05, 0) is 11.4 Å². The van der Waals surface area contributed by atoms with Crippen molar-refractivity contribution in [1.29, 1.82) is 0 Å². The second-order valence-electron chi connectivity index (χ2n) is 2.74. The summed E-state index contributed by atoms with van der Waals surface area (Å²) in [4.78, 5) is 10.5. The Morgan fingerprint density at radius 3 is 3.17 bits per heavy atom. The van der Waals surface area contributed by atoms with E-state index in [1.54, 1.807) is 11.3 Å². The summed E-state index contributed by atoms with van der Waals surface area (Å²) in [6.07, 6.45) is 0.601. The van der Waals surface area contributed by atoms with Crippen LogP contribution in [0.3, 0.4) is 0 Å². The predicted octanol–water partition coefficient (Wildman–Crippen LogP) is 1.02. The van der Waals surface area contributed by atoms with E-state index >= 15 is 0 Å². The van der Waals surface area contributed by atoms with Gasteiger partial charge in [-0.1, -0.05) is 0 Å². The number of ether oxygens (including phenoxy) is 1. The number of carbonyl (C=O) groups is 1. The molecule has 1 fully saturated rings. The Labute approximate surface area is 74.4 Å². The largest absolute Gasteiger partial charge is 0.491 e. The number of hydrogen-bond acceptors (Lipinski definition) is 3. The summed E-state index contributed by atoms with van der Waals surface area (Å²) in [7, 11) is 0. The van der Waals surface area contributed by atoms with E-state index in [1.807, 2.05) is 16.8 Å². The zero-order valence-corrected chi connectivity index (χ0v) is 7.26. The molecule has 12 heavy (non-hydrogen) atoms. The summed E-state index contributed by atoms with van der Waals surface area (Å²) in [5, 5.41) is 6.66. The van der Waals surface area contributed by atoms with Gasteiger partial charge in [0.2, 0.25) is 5.91 Å². The summed E-state index contributed by atoms with van der Waals surface area (Å²) < 4.78 is 5.39. The van der Waals surface area contributed by atoms with Crippen LogP contribution in [0.2, 0.25) is 0 Å². The van der Waals surface area contributed by atoms with Crippen LogP contribution in [0, 0.1) is 0 Å². The molecule has 0 unspecified atom stereocenters. The summed E-state index contributed by atoms with van der Waals surface area (Å²) in [5.41, 5.74) is 0. The molecule has 1 aromatic rings. The van der Waals surface area contributed by atoms with Crippen LogP contribution in [-0.2, 0) is 4.79 Å². The van der Waals surface area contributed by atoms with Crippen LogP contribution in [0.25, 0.3) is 0 Å². The SMILES string of the molecule is O=C1C[C@@H](COc2ccsc2)N1. The molecule has 0 radical (unpaired) electrons. The fourth-order valence-corrected chi connectivity index (χ4v) is 1.63. The Bertz CT molecular complexity index is 263. The van der Waals surface area contributed by atoms with Gasteiger partial charge in [-0.3, -0.25) is 4.79 Å². The van der Waals surface area contributed by atoms with Crippen LogP contribution < -0.4 is 10.1 Å². The molecular weight excluding hydrogens is 174 g/mol. The van der Waals surface area contributed by atoms with Gasteiger partial charge in [-0.25, -0.2) is 0 Å². The van der Waals surface area contributed by atoms with Crippen molar-refractivity contribution in [2.24, 2.45) is 0 Å². The van der Waals surface area contributed by atoms with Gasteiger partial charge < -0.3 is 10.1 Å². The van der Waals surface area contributed by atoms with Crippen LogP contribution in [0.4, 0.5) is 0 Å². The molecule has 0 aromatic carbocycles. The quantitative estimate of drug-likeness (QED) is 0.710. The average molecular weight is 183 g/mol. The molecule has 2 rings (SSSR count). The van der Waals surface area contributed by atoms with Crippen LogP contribution in [0.1, 0.15) is 6.42 Å². The Kier molecular flexibility index (Phi) is 1.99. The first kappa shape index (κ1) is 7.61.